The van der Waals surface area contributed by atoms with Crippen LogP contribution in [0.15, 0.2) is 79.0 Å². The first-order valence-corrected chi connectivity index (χ1v) is 9.90. The Balaban J connectivity index is 1.34. The first kappa shape index (κ1) is 19.9. The van der Waals surface area contributed by atoms with Gasteiger partial charge in [-0.3, -0.25) is 4.79 Å². The van der Waals surface area contributed by atoms with E-state index in [1.54, 1.807) is 12.3 Å². The molecule has 1 amide bonds. The van der Waals surface area contributed by atoms with Gasteiger partial charge in [0.15, 0.2) is 0 Å². The highest BCUT2D eigenvalue weighted by atomic mass is 19.1. The van der Waals surface area contributed by atoms with Crippen LogP contribution in [0, 0.1) is 5.82 Å². The van der Waals surface area contributed by atoms with Crippen LogP contribution in [-0.4, -0.2) is 10.9 Å². The van der Waals surface area contributed by atoms with E-state index in [-0.39, 0.29) is 18.1 Å². The molecule has 4 aromatic rings. The van der Waals surface area contributed by atoms with Gasteiger partial charge in [-0.25, -0.2) is 4.39 Å². The van der Waals surface area contributed by atoms with Gasteiger partial charge < -0.3 is 15.0 Å². The fourth-order valence-electron chi connectivity index (χ4n) is 3.45. The summed E-state index contributed by atoms with van der Waals surface area (Å²) in [5.41, 5.74) is 4.78. The molecule has 30 heavy (non-hydrogen) atoms. The molecule has 0 fully saturated rings. The molecule has 4 rings (SSSR count). The number of aromatic amines is 1. The Hall–Kier alpha value is -3.44. The van der Waals surface area contributed by atoms with Crippen LogP contribution in [0.2, 0.25) is 0 Å². The van der Waals surface area contributed by atoms with E-state index in [1.165, 1.54) is 12.1 Å². The van der Waals surface area contributed by atoms with Gasteiger partial charge in [-0.05, 0) is 40.5 Å². The summed E-state index contributed by atoms with van der Waals surface area (Å²) in [6.45, 7) is 1.43. The van der Waals surface area contributed by atoms with Gasteiger partial charge in [-0.2, -0.15) is 0 Å². The number of benzene rings is 3. The minimum absolute atomic E-state index is 0.111. The zero-order chi connectivity index (χ0) is 20.8. The summed E-state index contributed by atoms with van der Waals surface area (Å²) in [5, 5.41) is 3.70. The molecule has 0 saturated carbocycles. The minimum Gasteiger partial charge on any atom is -0.372 e. The maximum absolute atomic E-state index is 13.5. The lowest BCUT2D eigenvalue weighted by atomic mass is 10.1. The fourth-order valence-corrected chi connectivity index (χ4v) is 3.45. The molecule has 0 atom stereocenters. The predicted molar refractivity (Wildman–Crippen MR) is 115 cm³/mol. The Bertz CT molecular complexity index is 1140. The Morgan fingerprint density at radius 2 is 1.67 bits per heavy atom. The van der Waals surface area contributed by atoms with Gasteiger partial charge in [0, 0.05) is 23.6 Å². The summed E-state index contributed by atoms with van der Waals surface area (Å²) in [7, 11) is 0. The molecule has 5 heteroatoms. The summed E-state index contributed by atoms with van der Waals surface area (Å²) >= 11 is 0. The smallest absolute Gasteiger partial charge is 0.224 e. The van der Waals surface area contributed by atoms with Crippen molar-refractivity contribution >= 4 is 16.8 Å². The molecule has 4 nitrogen and oxygen atoms in total. The van der Waals surface area contributed by atoms with Crippen LogP contribution in [0.1, 0.15) is 22.3 Å². The molecule has 152 valence electrons. The topological polar surface area (TPSA) is 54.1 Å². The average molecular weight is 402 g/mol. The Morgan fingerprint density at radius 3 is 2.50 bits per heavy atom. The van der Waals surface area contributed by atoms with Gasteiger partial charge in [0.25, 0.3) is 0 Å². The maximum Gasteiger partial charge on any atom is 0.224 e. The maximum atomic E-state index is 13.5. The molecule has 0 bridgehead atoms. The molecular weight excluding hydrogens is 379 g/mol. The van der Waals surface area contributed by atoms with Crippen LogP contribution in [0.4, 0.5) is 4.39 Å². The highest BCUT2D eigenvalue weighted by Crippen LogP contribution is 2.20. The number of ether oxygens (including phenoxy) is 1. The molecule has 0 radical (unpaired) electrons. The summed E-state index contributed by atoms with van der Waals surface area (Å²) in [4.78, 5) is 15.5. The molecule has 0 unspecified atom stereocenters. The molecule has 2 N–H and O–H groups in total. The largest absolute Gasteiger partial charge is 0.372 e. The fraction of sp³-hybridized carbons (Fsp3) is 0.160. The summed E-state index contributed by atoms with van der Waals surface area (Å²) in [6.07, 6.45) is 1.95. The molecule has 0 spiro atoms. The van der Waals surface area contributed by atoms with Crippen molar-refractivity contribution in [1.82, 2.24) is 10.3 Å². The quantitative estimate of drug-likeness (QED) is 0.441. The molecule has 0 aliphatic carbocycles. The number of amides is 1. The third-order valence-corrected chi connectivity index (χ3v) is 5.04. The second kappa shape index (κ2) is 9.37. The number of H-pyrrole nitrogens is 1. The zero-order valence-electron chi connectivity index (χ0n) is 16.5. The van der Waals surface area contributed by atoms with Crippen molar-refractivity contribution in [3.8, 4) is 0 Å². The molecule has 0 aliphatic heterocycles. The molecule has 0 saturated heterocycles. The summed E-state index contributed by atoms with van der Waals surface area (Å²) in [5.74, 6) is -0.423. The third-order valence-electron chi connectivity index (χ3n) is 5.04. The molecular formula is C25H23FN2O2. The highest BCUT2D eigenvalue weighted by Gasteiger charge is 2.10. The van der Waals surface area contributed by atoms with E-state index in [9.17, 15) is 9.18 Å². The average Bonchev–Trinajstić information content (AvgIpc) is 3.15. The van der Waals surface area contributed by atoms with Gasteiger partial charge in [0.1, 0.15) is 5.82 Å². The van der Waals surface area contributed by atoms with Crippen molar-refractivity contribution in [2.75, 3.05) is 0 Å². The van der Waals surface area contributed by atoms with Crippen LogP contribution in [0.5, 0.6) is 0 Å². The van der Waals surface area contributed by atoms with E-state index < -0.39 is 0 Å². The van der Waals surface area contributed by atoms with Crippen LogP contribution < -0.4 is 5.32 Å². The van der Waals surface area contributed by atoms with Crippen molar-refractivity contribution in [1.29, 1.82) is 0 Å². The zero-order valence-corrected chi connectivity index (χ0v) is 16.5. The third kappa shape index (κ3) is 4.93. The van der Waals surface area contributed by atoms with Crippen LogP contribution >= 0.6 is 0 Å². The molecule has 1 aromatic heterocycles. The number of aromatic nitrogens is 1. The molecule has 0 aliphatic rings. The van der Waals surface area contributed by atoms with Gasteiger partial charge in [0.2, 0.25) is 5.91 Å². The van der Waals surface area contributed by atoms with E-state index in [0.29, 0.717) is 19.8 Å². The second-order valence-electron chi connectivity index (χ2n) is 7.20. The van der Waals surface area contributed by atoms with Crippen molar-refractivity contribution < 1.29 is 13.9 Å². The lowest BCUT2D eigenvalue weighted by Crippen LogP contribution is -2.25. The minimum atomic E-state index is -0.312. The SMILES string of the molecule is O=C(Cc1c[nH]c2ccc(F)cc12)NCc1ccccc1COCc1ccccc1. The van der Waals surface area contributed by atoms with E-state index >= 15 is 0 Å². The van der Waals surface area contributed by atoms with Crippen molar-refractivity contribution in [2.24, 2.45) is 0 Å². The second-order valence-corrected chi connectivity index (χ2v) is 7.20. The normalized spacial score (nSPS) is 11.0. The van der Waals surface area contributed by atoms with E-state index in [4.69, 9.17) is 4.74 Å². The number of nitrogens with one attached hydrogen (secondary N) is 2. The lowest BCUT2D eigenvalue weighted by molar-refractivity contribution is -0.120. The van der Waals surface area contributed by atoms with Gasteiger partial charge >= 0.3 is 0 Å². The van der Waals surface area contributed by atoms with Gasteiger partial charge in [-0.15, -0.1) is 0 Å². The van der Waals surface area contributed by atoms with Gasteiger partial charge in [0.05, 0.1) is 19.6 Å². The number of carbonyl (C=O) groups is 1. The predicted octanol–water partition coefficient (Wildman–Crippen LogP) is 4.88. The summed E-state index contributed by atoms with van der Waals surface area (Å²) < 4.78 is 19.4. The monoisotopic (exact) mass is 402 g/mol. The summed E-state index contributed by atoms with van der Waals surface area (Å²) in [6, 6.07) is 22.5. The Labute approximate surface area is 174 Å². The first-order valence-electron chi connectivity index (χ1n) is 9.90. The number of hydrogen-bond acceptors (Lipinski definition) is 2. The molecule has 3 aromatic carbocycles. The van der Waals surface area contributed by atoms with Crippen LogP contribution in [-0.2, 0) is 35.7 Å². The van der Waals surface area contributed by atoms with Crippen LogP contribution in [0.25, 0.3) is 10.9 Å². The number of rotatable bonds is 8. The van der Waals surface area contributed by atoms with E-state index in [1.807, 2.05) is 54.6 Å². The van der Waals surface area contributed by atoms with Gasteiger partial charge in [-0.1, -0.05) is 54.6 Å². The number of fused-ring (bicyclic) bond motifs is 1. The Morgan fingerprint density at radius 1 is 0.900 bits per heavy atom. The van der Waals surface area contributed by atoms with Crippen molar-refractivity contribution in [2.45, 2.75) is 26.2 Å². The van der Waals surface area contributed by atoms with E-state index in [2.05, 4.69) is 10.3 Å². The Kier molecular flexibility index (Phi) is 6.20. The highest BCUT2D eigenvalue weighted by molar-refractivity contribution is 5.88. The standard InChI is InChI=1S/C25H23FN2O2/c26-22-10-11-24-23(13-22)21(15-27-24)12-25(29)28-14-19-8-4-5-9-20(19)17-30-16-18-6-2-1-3-7-18/h1-11,13,15,27H,12,14,16-17H2,(H,28,29). The lowest BCUT2D eigenvalue weighted by Gasteiger charge is -2.11. The van der Waals surface area contributed by atoms with Crippen LogP contribution in [0.3, 0.4) is 0 Å². The number of halogens is 1. The molecule has 1 heterocycles. The first-order chi connectivity index (χ1) is 14.7. The van der Waals surface area contributed by atoms with E-state index in [0.717, 1.165) is 33.2 Å². The van der Waals surface area contributed by atoms with Crippen molar-refractivity contribution in [3.63, 3.8) is 0 Å². The number of carbonyl (C=O) groups excluding carboxylic acids is 1. The number of hydrogen-bond donors (Lipinski definition) is 2. The van der Waals surface area contributed by atoms with Crippen molar-refractivity contribution in [3.05, 3.63) is 107 Å².